The molecule has 1 aliphatic heterocycles. The summed E-state index contributed by atoms with van der Waals surface area (Å²) in [6.07, 6.45) is 0. The lowest BCUT2D eigenvalue weighted by molar-refractivity contribution is -0.117. The summed E-state index contributed by atoms with van der Waals surface area (Å²) in [6.45, 7) is 7.37. The second-order valence-electron chi connectivity index (χ2n) is 6.16. The van der Waals surface area contributed by atoms with E-state index in [-0.39, 0.29) is 16.0 Å². The second kappa shape index (κ2) is 7.75. The molecule has 0 spiro atoms. The highest BCUT2D eigenvalue weighted by molar-refractivity contribution is 8.14. The van der Waals surface area contributed by atoms with Crippen LogP contribution in [-0.4, -0.2) is 47.8 Å². The molecule has 1 amide bonds. The summed E-state index contributed by atoms with van der Waals surface area (Å²) >= 11 is 7.44. The molecule has 0 saturated carbocycles. The van der Waals surface area contributed by atoms with E-state index in [4.69, 9.17) is 11.6 Å². The van der Waals surface area contributed by atoms with E-state index in [9.17, 15) is 18.3 Å². The molecule has 0 radical (unpaired) electrons. The predicted molar refractivity (Wildman–Crippen MR) is 104 cm³/mol. The number of halogens is 1. The molecule has 1 aromatic rings. The Balaban J connectivity index is 2.52. The molecule has 1 fully saturated rings. The number of carbonyl (C=O) groups is 1. The van der Waals surface area contributed by atoms with Crippen LogP contribution in [0.4, 0.5) is 0 Å². The summed E-state index contributed by atoms with van der Waals surface area (Å²) < 4.78 is 26.6. The lowest BCUT2D eigenvalue weighted by Crippen LogP contribution is -2.45. The predicted octanol–water partition coefficient (Wildman–Crippen LogP) is 2.14. The maximum Gasteiger partial charge on any atom is 0.265 e. The normalized spacial score (nSPS) is 22.3. The smallest absolute Gasteiger partial charge is 0.265 e. The zero-order valence-electron chi connectivity index (χ0n) is 15.0. The second-order valence-corrected chi connectivity index (χ2v) is 9.16. The number of nitrogens with one attached hydrogen (secondary N) is 1. The number of hydrogen-bond acceptors (Lipinski definition) is 6. The first-order valence-electron chi connectivity index (χ1n) is 8.05. The molecule has 10 heteroatoms. The molecule has 26 heavy (non-hydrogen) atoms. The van der Waals surface area contributed by atoms with E-state index in [1.54, 1.807) is 11.0 Å². The number of sulfonamides is 1. The van der Waals surface area contributed by atoms with Gasteiger partial charge in [-0.25, -0.2) is 13.1 Å². The minimum atomic E-state index is -4.12. The Morgan fingerprint density at radius 3 is 2.69 bits per heavy atom. The Labute approximate surface area is 162 Å². The number of rotatable bonds is 5. The van der Waals surface area contributed by atoms with E-state index in [0.29, 0.717) is 23.0 Å². The Morgan fingerprint density at radius 1 is 1.50 bits per heavy atom. The Morgan fingerprint density at radius 2 is 2.15 bits per heavy atom. The van der Waals surface area contributed by atoms with Gasteiger partial charge in [0.2, 0.25) is 5.91 Å². The first kappa shape index (κ1) is 21.0. The van der Waals surface area contributed by atoms with Crippen LogP contribution in [0.2, 0.25) is 5.02 Å². The first-order chi connectivity index (χ1) is 12.0. The fraction of sp³-hybridized carbons (Fsp3) is 0.500. The SMILES string of the molecule is CCN1C(=NC(C)C)SCC1(O)c1ccc(Cl)c(S(=O)(=O)NC(C)=O)c1. The molecule has 1 heterocycles. The van der Waals surface area contributed by atoms with Crippen molar-refractivity contribution in [3.63, 3.8) is 0 Å². The molecule has 2 N–H and O–H groups in total. The molecule has 1 unspecified atom stereocenters. The zero-order valence-corrected chi connectivity index (χ0v) is 17.4. The average molecular weight is 420 g/mol. The van der Waals surface area contributed by atoms with E-state index >= 15 is 0 Å². The molecule has 1 saturated heterocycles. The van der Waals surface area contributed by atoms with E-state index in [1.165, 1.54) is 23.9 Å². The van der Waals surface area contributed by atoms with Gasteiger partial charge in [0, 0.05) is 25.1 Å². The highest BCUT2D eigenvalue weighted by atomic mass is 35.5. The fourth-order valence-corrected chi connectivity index (χ4v) is 5.54. The number of nitrogens with zero attached hydrogens (tertiary/aromatic N) is 2. The molecule has 2 rings (SSSR count). The summed E-state index contributed by atoms with van der Waals surface area (Å²) in [5.74, 6) is -0.420. The number of amidine groups is 1. The molecule has 7 nitrogen and oxygen atoms in total. The molecular weight excluding hydrogens is 398 g/mol. The van der Waals surface area contributed by atoms with Gasteiger partial charge in [-0.1, -0.05) is 29.4 Å². The van der Waals surface area contributed by atoms with Crippen LogP contribution in [0.5, 0.6) is 0 Å². The standard InChI is InChI=1S/C16H22ClN3O4S2/c1-5-20-15(18-10(2)3)25-9-16(20,22)12-6-7-13(17)14(8-12)26(23,24)19-11(4)21/h6-8,10,22H,5,9H2,1-4H3,(H,19,21). The summed E-state index contributed by atoms with van der Waals surface area (Å²) in [7, 11) is -4.12. The molecule has 1 atom stereocenters. The largest absolute Gasteiger partial charge is 0.366 e. The van der Waals surface area contributed by atoms with Crippen LogP contribution in [0, 0.1) is 0 Å². The lowest BCUT2D eigenvalue weighted by Gasteiger charge is -2.34. The van der Waals surface area contributed by atoms with Crippen LogP contribution in [0.15, 0.2) is 28.1 Å². The van der Waals surface area contributed by atoms with Gasteiger partial charge in [-0.05, 0) is 32.9 Å². The van der Waals surface area contributed by atoms with Gasteiger partial charge < -0.3 is 10.0 Å². The Hall–Kier alpha value is -1.29. The highest BCUT2D eigenvalue weighted by Gasteiger charge is 2.44. The average Bonchev–Trinajstić information content (AvgIpc) is 2.82. The highest BCUT2D eigenvalue weighted by Crippen LogP contribution is 2.40. The van der Waals surface area contributed by atoms with Crippen LogP contribution in [0.1, 0.15) is 33.3 Å². The third-order valence-corrected chi connectivity index (χ3v) is 6.77. The maximum atomic E-state index is 12.4. The van der Waals surface area contributed by atoms with Gasteiger partial charge in [0.25, 0.3) is 10.0 Å². The number of benzene rings is 1. The van der Waals surface area contributed by atoms with Crippen molar-refractivity contribution in [1.29, 1.82) is 0 Å². The van der Waals surface area contributed by atoms with Crippen molar-refractivity contribution in [1.82, 2.24) is 9.62 Å². The summed E-state index contributed by atoms with van der Waals surface area (Å²) in [4.78, 5) is 17.2. The van der Waals surface area contributed by atoms with Gasteiger partial charge in [0.05, 0.1) is 10.8 Å². The fourth-order valence-electron chi connectivity index (χ4n) is 2.65. The van der Waals surface area contributed by atoms with Crippen molar-refractivity contribution < 1.29 is 18.3 Å². The molecule has 144 valence electrons. The third-order valence-electron chi connectivity index (χ3n) is 3.73. The van der Waals surface area contributed by atoms with Crippen LogP contribution < -0.4 is 4.72 Å². The Bertz CT molecular complexity index is 842. The van der Waals surface area contributed by atoms with Crippen LogP contribution in [-0.2, 0) is 20.5 Å². The molecule has 0 aliphatic carbocycles. The van der Waals surface area contributed by atoms with Gasteiger partial charge in [0.15, 0.2) is 10.9 Å². The van der Waals surface area contributed by atoms with Crippen LogP contribution in [0.25, 0.3) is 0 Å². The summed E-state index contributed by atoms with van der Waals surface area (Å²) in [6, 6.07) is 4.35. The van der Waals surface area contributed by atoms with Crippen LogP contribution in [0.3, 0.4) is 0 Å². The number of aliphatic imine (C=N–C) groups is 1. The van der Waals surface area contributed by atoms with Gasteiger partial charge >= 0.3 is 0 Å². The van der Waals surface area contributed by atoms with Gasteiger partial charge in [-0.15, -0.1) is 0 Å². The minimum absolute atomic E-state index is 0.0316. The number of amides is 1. The van der Waals surface area contributed by atoms with E-state index in [1.807, 2.05) is 25.5 Å². The van der Waals surface area contributed by atoms with E-state index in [2.05, 4.69) is 4.99 Å². The molecule has 0 aromatic heterocycles. The monoisotopic (exact) mass is 419 g/mol. The van der Waals surface area contributed by atoms with Gasteiger partial charge in [-0.2, -0.15) is 0 Å². The maximum absolute atomic E-state index is 12.4. The zero-order chi connectivity index (χ0) is 19.7. The molecule has 1 aromatic carbocycles. The molecule has 1 aliphatic rings. The van der Waals surface area contributed by atoms with Crippen LogP contribution >= 0.6 is 23.4 Å². The van der Waals surface area contributed by atoms with Gasteiger partial charge in [0.1, 0.15) is 4.90 Å². The number of aliphatic hydroxyl groups is 1. The van der Waals surface area contributed by atoms with Crippen molar-refractivity contribution in [2.45, 2.75) is 44.4 Å². The topological polar surface area (TPSA) is 99.1 Å². The van der Waals surface area contributed by atoms with Crippen molar-refractivity contribution in [3.8, 4) is 0 Å². The Kier molecular flexibility index (Phi) is 6.27. The third kappa shape index (κ3) is 4.16. The number of carbonyl (C=O) groups excluding carboxylic acids is 1. The van der Waals surface area contributed by atoms with Crippen molar-refractivity contribution >= 4 is 44.5 Å². The summed E-state index contributed by atoms with van der Waals surface area (Å²) in [5, 5.41) is 11.9. The molecule has 0 bridgehead atoms. The van der Waals surface area contributed by atoms with Crippen molar-refractivity contribution in [3.05, 3.63) is 28.8 Å². The number of hydrogen-bond donors (Lipinski definition) is 2. The van der Waals surface area contributed by atoms with Gasteiger partial charge in [-0.3, -0.25) is 9.79 Å². The van der Waals surface area contributed by atoms with E-state index in [0.717, 1.165) is 6.92 Å². The first-order valence-corrected chi connectivity index (χ1v) is 10.9. The van der Waals surface area contributed by atoms with Crippen molar-refractivity contribution in [2.24, 2.45) is 4.99 Å². The number of thioether (sulfide) groups is 1. The van der Waals surface area contributed by atoms with E-state index < -0.39 is 21.7 Å². The molecular formula is C16H22ClN3O4S2. The quantitative estimate of drug-likeness (QED) is 0.758. The minimum Gasteiger partial charge on any atom is -0.366 e. The lowest BCUT2D eigenvalue weighted by atomic mass is 10.0. The summed E-state index contributed by atoms with van der Waals surface area (Å²) in [5.41, 5.74) is -1.05. The van der Waals surface area contributed by atoms with Crippen molar-refractivity contribution in [2.75, 3.05) is 12.3 Å².